The molecule has 2 aromatic rings. The lowest BCUT2D eigenvalue weighted by molar-refractivity contribution is -0.123. The molecule has 0 saturated carbocycles. The fourth-order valence-corrected chi connectivity index (χ4v) is 2.43. The van der Waals surface area contributed by atoms with Gasteiger partial charge in [-0.15, -0.1) is 0 Å². The molecule has 1 N–H and O–H groups in total. The standard InChI is InChI=1S/C19H19NO6/c1-2-23-17-8-14(10-21)4-6-15(17)24-11-19(22)20-9-13-3-5-16-18(7-13)26-12-25-16/h3-8,10H,2,9,11-12H2,1H3,(H,20,22). The number of fused-ring (bicyclic) bond motifs is 1. The van der Waals surface area contributed by atoms with Crippen LogP contribution in [-0.2, 0) is 11.3 Å². The van der Waals surface area contributed by atoms with Gasteiger partial charge in [0.25, 0.3) is 5.91 Å². The summed E-state index contributed by atoms with van der Waals surface area (Å²) in [6.07, 6.45) is 0.727. The van der Waals surface area contributed by atoms with Gasteiger partial charge in [-0.2, -0.15) is 0 Å². The van der Waals surface area contributed by atoms with E-state index >= 15 is 0 Å². The van der Waals surface area contributed by atoms with Gasteiger partial charge < -0.3 is 24.3 Å². The number of hydrogen-bond acceptors (Lipinski definition) is 6. The number of carbonyl (C=O) groups excluding carboxylic acids is 2. The van der Waals surface area contributed by atoms with Gasteiger partial charge in [-0.3, -0.25) is 9.59 Å². The van der Waals surface area contributed by atoms with Gasteiger partial charge in [0.15, 0.2) is 29.6 Å². The zero-order valence-electron chi connectivity index (χ0n) is 14.3. The van der Waals surface area contributed by atoms with E-state index in [1.165, 1.54) is 0 Å². The second-order valence-corrected chi connectivity index (χ2v) is 5.51. The Labute approximate surface area is 150 Å². The molecule has 0 radical (unpaired) electrons. The number of carbonyl (C=O) groups is 2. The molecule has 2 aromatic carbocycles. The maximum atomic E-state index is 12.0. The summed E-state index contributed by atoms with van der Waals surface area (Å²) < 4.78 is 21.5. The van der Waals surface area contributed by atoms with Crippen molar-refractivity contribution < 1.29 is 28.5 Å². The van der Waals surface area contributed by atoms with Crippen LogP contribution in [0.2, 0.25) is 0 Å². The van der Waals surface area contributed by atoms with Crippen LogP contribution < -0.4 is 24.3 Å². The number of aldehydes is 1. The number of ether oxygens (including phenoxy) is 4. The van der Waals surface area contributed by atoms with E-state index in [9.17, 15) is 9.59 Å². The van der Waals surface area contributed by atoms with Crippen molar-refractivity contribution in [3.63, 3.8) is 0 Å². The first-order chi connectivity index (χ1) is 12.7. The van der Waals surface area contributed by atoms with Crippen molar-refractivity contribution in [2.24, 2.45) is 0 Å². The summed E-state index contributed by atoms with van der Waals surface area (Å²) in [6.45, 7) is 2.65. The number of rotatable bonds is 8. The molecule has 0 fully saturated rings. The van der Waals surface area contributed by atoms with Crippen LogP contribution in [0.25, 0.3) is 0 Å². The molecule has 0 aliphatic carbocycles. The average molecular weight is 357 g/mol. The molecular weight excluding hydrogens is 338 g/mol. The predicted octanol–water partition coefficient (Wildman–Crippen LogP) is 2.32. The van der Waals surface area contributed by atoms with Crippen LogP contribution in [-0.4, -0.2) is 32.2 Å². The Balaban J connectivity index is 1.53. The second-order valence-electron chi connectivity index (χ2n) is 5.51. The van der Waals surface area contributed by atoms with Gasteiger partial charge in [0.1, 0.15) is 6.29 Å². The highest BCUT2D eigenvalue weighted by molar-refractivity contribution is 5.78. The molecule has 26 heavy (non-hydrogen) atoms. The number of amides is 1. The molecule has 0 aromatic heterocycles. The van der Waals surface area contributed by atoms with Gasteiger partial charge in [-0.25, -0.2) is 0 Å². The molecule has 0 unspecified atom stereocenters. The van der Waals surface area contributed by atoms with Gasteiger partial charge in [0, 0.05) is 12.1 Å². The van der Waals surface area contributed by atoms with Crippen LogP contribution in [0.5, 0.6) is 23.0 Å². The Morgan fingerprint density at radius 2 is 1.96 bits per heavy atom. The van der Waals surface area contributed by atoms with Crippen molar-refractivity contribution in [2.45, 2.75) is 13.5 Å². The topological polar surface area (TPSA) is 83.1 Å². The smallest absolute Gasteiger partial charge is 0.258 e. The molecule has 7 nitrogen and oxygen atoms in total. The first-order valence-electron chi connectivity index (χ1n) is 8.19. The molecule has 7 heteroatoms. The van der Waals surface area contributed by atoms with E-state index in [-0.39, 0.29) is 19.3 Å². The van der Waals surface area contributed by atoms with Crippen molar-refractivity contribution in [1.82, 2.24) is 5.32 Å². The third-order valence-corrected chi connectivity index (χ3v) is 3.69. The van der Waals surface area contributed by atoms with Crippen LogP contribution in [0.4, 0.5) is 0 Å². The Bertz CT molecular complexity index is 805. The molecule has 0 bridgehead atoms. The fourth-order valence-electron chi connectivity index (χ4n) is 2.43. The second kappa shape index (κ2) is 8.24. The van der Waals surface area contributed by atoms with E-state index in [1.807, 2.05) is 25.1 Å². The SMILES string of the molecule is CCOc1cc(C=O)ccc1OCC(=O)NCc1ccc2c(c1)OCO2. The largest absolute Gasteiger partial charge is 0.490 e. The highest BCUT2D eigenvalue weighted by Crippen LogP contribution is 2.32. The molecule has 1 heterocycles. The summed E-state index contributed by atoms with van der Waals surface area (Å²) in [5.41, 5.74) is 1.38. The third kappa shape index (κ3) is 4.24. The molecule has 0 atom stereocenters. The number of benzene rings is 2. The zero-order valence-corrected chi connectivity index (χ0v) is 14.3. The first kappa shape index (κ1) is 17.6. The van der Waals surface area contributed by atoms with Gasteiger partial charge >= 0.3 is 0 Å². The monoisotopic (exact) mass is 357 g/mol. The van der Waals surface area contributed by atoms with E-state index in [0.717, 1.165) is 11.8 Å². The number of nitrogens with one attached hydrogen (secondary N) is 1. The minimum absolute atomic E-state index is 0.162. The van der Waals surface area contributed by atoms with Gasteiger partial charge in [-0.1, -0.05) is 6.07 Å². The summed E-state index contributed by atoms with van der Waals surface area (Å²) in [5, 5.41) is 2.78. The molecule has 1 aliphatic heterocycles. The third-order valence-electron chi connectivity index (χ3n) is 3.69. The van der Waals surface area contributed by atoms with Crippen LogP contribution in [0, 0.1) is 0 Å². The molecule has 136 valence electrons. The zero-order chi connectivity index (χ0) is 18.4. The van der Waals surface area contributed by atoms with Crippen LogP contribution in [0.1, 0.15) is 22.8 Å². The summed E-state index contributed by atoms with van der Waals surface area (Å²) in [6, 6.07) is 10.3. The molecule has 3 rings (SSSR count). The number of hydrogen-bond donors (Lipinski definition) is 1. The quantitative estimate of drug-likeness (QED) is 0.730. The van der Waals surface area contributed by atoms with Crippen LogP contribution >= 0.6 is 0 Å². The summed E-state index contributed by atoms with van der Waals surface area (Å²) in [5.74, 6) is 1.94. The Morgan fingerprint density at radius 1 is 1.12 bits per heavy atom. The van der Waals surface area contributed by atoms with Gasteiger partial charge in [0.05, 0.1) is 6.61 Å². The highest BCUT2D eigenvalue weighted by atomic mass is 16.7. The predicted molar refractivity (Wildman–Crippen MR) is 92.9 cm³/mol. The minimum atomic E-state index is -0.274. The van der Waals surface area contributed by atoms with E-state index < -0.39 is 0 Å². The van der Waals surface area contributed by atoms with Crippen molar-refractivity contribution in [3.05, 3.63) is 47.5 Å². The lowest BCUT2D eigenvalue weighted by atomic mass is 10.2. The van der Waals surface area contributed by atoms with E-state index in [0.29, 0.717) is 41.7 Å². The molecular formula is C19H19NO6. The minimum Gasteiger partial charge on any atom is -0.490 e. The van der Waals surface area contributed by atoms with Crippen molar-refractivity contribution in [3.8, 4) is 23.0 Å². The van der Waals surface area contributed by atoms with Crippen LogP contribution in [0.15, 0.2) is 36.4 Å². The Hall–Kier alpha value is -3.22. The molecule has 0 saturated heterocycles. The maximum Gasteiger partial charge on any atom is 0.258 e. The summed E-state index contributed by atoms with van der Waals surface area (Å²) >= 11 is 0. The first-order valence-corrected chi connectivity index (χ1v) is 8.19. The highest BCUT2D eigenvalue weighted by Gasteiger charge is 2.14. The average Bonchev–Trinajstić information content (AvgIpc) is 3.13. The van der Waals surface area contributed by atoms with Crippen molar-refractivity contribution >= 4 is 12.2 Å². The summed E-state index contributed by atoms with van der Waals surface area (Å²) in [7, 11) is 0. The molecule has 1 aliphatic rings. The molecule has 0 spiro atoms. The normalized spacial score (nSPS) is 11.7. The van der Waals surface area contributed by atoms with Crippen molar-refractivity contribution in [1.29, 1.82) is 0 Å². The fraction of sp³-hybridized carbons (Fsp3) is 0.263. The Kier molecular flexibility index (Phi) is 5.58. The lowest BCUT2D eigenvalue weighted by Crippen LogP contribution is -2.28. The van der Waals surface area contributed by atoms with E-state index in [4.69, 9.17) is 18.9 Å². The van der Waals surface area contributed by atoms with Gasteiger partial charge in [-0.05, 0) is 42.8 Å². The van der Waals surface area contributed by atoms with Crippen LogP contribution in [0.3, 0.4) is 0 Å². The summed E-state index contributed by atoms with van der Waals surface area (Å²) in [4.78, 5) is 22.9. The lowest BCUT2D eigenvalue weighted by Gasteiger charge is -2.12. The van der Waals surface area contributed by atoms with Crippen molar-refractivity contribution in [2.75, 3.05) is 20.0 Å². The Morgan fingerprint density at radius 3 is 2.77 bits per heavy atom. The van der Waals surface area contributed by atoms with E-state index in [2.05, 4.69) is 5.32 Å². The van der Waals surface area contributed by atoms with Gasteiger partial charge in [0.2, 0.25) is 6.79 Å². The maximum absolute atomic E-state index is 12.0. The molecule has 1 amide bonds. The van der Waals surface area contributed by atoms with E-state index in [1.54, 1.807) is 18.2 Å².